The van der Waals surface area contributed by atoms with E-state index in [2.05, 4.69) is 0 Å². The lowest BCUT2D eigenvalue weighted by molar-refractivity contribution is -0.0330. The van der Waals surface area contributed by atoms with E-state index >= 15 is 0 Å². The fraction of sp³-hybridized carbons (Fsp3) is 0.333. The average Bonchev–Trinajstić information content (AvgIpc) is 2.36. The Balaban J connectivity index is 2.86. The Bertz CT molecular complexity index is 500. The first kappa shape index (κ1) is 15.7. The van der Waals surface area contributed by atoms with Gasteiger partial charge in [0.25, 0.3) is 0 Å². The van der Waals surface area contributed by atoms with Gasteiger partial charge < -0.3 is 0 Å². The first-order valence-electron chi connectivity index (χ1n) is 5.08. The zero-order valence-electron chi connectivity index (χ0n) is 9.54. The van der Waals surface area contributed by atoms with Gasteiger partial charge in [-0.3, -0.25) is 0 Å². The van der Waals surface area contributed by atoms with Crippen LogP contribution >= 0.6 is 23.4 Å². The Labute approximate surface area is 117 Å². The smallest absolute Gasteiger partial charge is 0.197 e. The SMILES string of the molecule is N#CC(C#N)(CSC(F)(F)F)Cc1ccc(Cl)cc1. The molecule has 0 amide bonds. The van der Waals surface area contributed by atoms with Crippen LogP contribution in [0.15, 0.2) is 24.3 Å². The maximum atomic E-state index is 12.2. The maximum absolute atomic E-state index is 12.2. The van der Waals surface area contributed by atoms with Crippen molar-refractivity contribution in [2.45, 2.75) is 11.9 Å². The lowest BCUT2D eigenvalue weighted by Gasteiger charge is -2.19. The van der Waals surface area contributed by atoms with Gasteiger partial charge >= 0.3 is 5.51 Å². The van der Waals surface area contributed by atoms with E-state index in [4.69, 9.17) is 22.1 Å². The average molecular weight is 305 g/mol. The standard InChI is InChI=1S/C12H8ClF3N2S/c13-10-3-1-9(2-4-10)5-11(6-17,7-18)8-19-12(14,15)16/h1-4H,5,8H2. The van der Waals surface area contributed by atoms with Crippen molar-refractivity contribution in [2.75, 3.05) is 5.75 Å². The van der Waals surface area contributed by atoms with Crippen LogP contribution in [0.3, 0.4) is 0 Å². The predicted octanol–water partition coefficient (Wildman–Crippen LogP) is 4.17. The highest BCUT2D eigenvalue weighted by Gasteiger charge is 2.37. The van der Waals surface area contributed by atoms with Crippen LogP contribution in [0, 0.1) is 28.1 Å². The summed E-state index contributed by atoms with van der Waals surface area (Å²) in [6, 6.07) is 9.67. The van der Waals surface area contributed by atoms with Crippen molar-refractivity contribution >= 4 is 23.4 Å². The Morgan fingerprint density at radius 1 is 1.11 bits per heavy atom. The molecule has 1 rings (SSSR count). The summed E-state index contributed by atoms with van der Waals surface area (Å²) in [5.41, 5.74) is -5.57. The summed E-state index contributed by atoms with van der Waals surface area (Å²) >= 11 is 5.33. The second-order valence-electron chi connectivity index (χ2n) is 3.84. The molecule has 0 N–H and O–H groups in total. The summed E-state index contributed by atoms with van der Waals surface area (Å²) in [5, 5.41) is 18.5. The normalized spacial score (nSPS) is 11.7. The van der Waals surface area contributed by atoms with Gasteiger partial charge in [-0.2, -0.15) is 23.7 Å². The van der Waals surface area contributed by atoms with E-state index in [9.17, 15) is 13.2 Å². The third-order valence-electron chi connectivity index (χ3n) is 2.33. The maximum Gasteiger partial charge on any atom is 0.441 e. The minimum Gasteiger partial charge on any atom is -0.197 e. The van der Waals surface area contributed by atoms with Crippen LogP contribution in [0.1, 0.15) is 5.56 Å². The quantitative estimate of drug-likeness (QED) is 0.838. The van der Waals surface area contributed by atoms with Crippen molar-refractivity contribution < 1.29 is 13.2 Å². The second-order valence-corrected chi connectivity index (χ2v) is 5.32. The third kappa shape index (κ3) is 5.02. The molecule has 0 aliphatic heterocycles. The third-order valence-corrected chi connectivity index (χ3v) is 3.55. The van der Waals surface area contributed by atoms with Gasteiger partial charge in [-0.1, -0.05) is 23.7 Å². The number of benzene rings is 1. The molecule has 0 fully saturated rings. The topological polar surface area (TPSA) is 47.6 Å². The minimum absolute atomic E-state index is 0.0692. The molecular weight excluding hydrogens is 297 g/mol. The number of alkyl halides is 3. The monoisotopic (exact) mass is 304 g/mol. The molecule has 0 heterocycles. The van der Waals surface area contributed by atoms with Gasteiger partial charge in [0.05, 0.1) is 12.1 Å². The number of nitrogens with zero attached hydrogens (tertiary/aromatic N) is 2. The van der Waals surface area contributed by atoms with Crippen molar-refractivity contribution in [3.8, 4) is 12.1 Å². The highest BCUT2D eigenvalue weighted by molar-refractivity contribution is 8.00. The molecule has 0 aliphatic carbocycles. The number of rotatable bonds is 4. The van der Waals surface area contributed by atoms with E-state index < -0.39 is 16.7 Å². The molecule has 0 bridgehead atoms. The Hall–Kier alpha value is -1.37. The number of hydrogen-bond donors (Lipinski definition) is 0. The van der Waals surface area contributed by atoms with E-state index in [0.717, 1.165) is 0 Å². The zero-order chi connectivity index (χ0) is 14.5. The molecule has 1 aromatic rings. The van der Waals surface area contributed by atoms with Gasteiger partial charge in [-0.15, -0.1) is 0 Å². The van der Waals surface area contributed by atoms with Crippen molar-refractivity contribution in [1.82, 2.24) is 0 Å². The minimum atomic E-state index is -4.46. The lowest BCUT2D eigenvalue weighted by Crippen LogP contribution is -2.24. The zero-order valence-corrected chi connectivity index (χ0v) is 11.1. The van der Waals surface area contributed by atoms with E-state index in [-0.39, 0.29) is 18.2 Å². The Kier molecular flexibility index (Phi) is 5.11. The van der Waals surface area contributed by atoms with Gasteiger partial charge in [0.15, 0.2) is 5.41 Å². The van der Waals surface area contributed by atoms with E-state index in [1.54, 1.807) is 36.4 Å². The molecule has 0 spiro atoms. The molecule has 2 nitrogen and oxygen atoms in total. The fourth-order valence-corrected chi connectivity index (χ4v) is 2.14. The summed E-state index contributed by atoms with van der Waals surface area (Å²) in [7, 11) is 0. The number of hydrogen-bond acceptors (Lipinski definition) is 3. The molecule has 0 aliphatic rings. The van der Waals surface area contributed by atoms with E-state index in [1.807, 2.05) is 0 Å². The molecule has 1 aromatic carbocycles. The highest BCUT2D eigenvalue weighted by Crippen LogP contribution is 2.36. The molecule has 0 saturated heterocycles. The molecule has 0 radical (unpaired) electrons. The first-order valence-corrected chi connectivity index (χ1v) is 6.44. The van der Waals surface area contributed by atoms with Gasteiger partial charge in [-0.05, 0) is 29.5 Å². The van der Waals surface area contributed by atoms with Crippen LogP contribution in [0.25, 0.3) is 0 Å². The fourth-order valence-electron chi connectivity index (χ4n) is 1.38. The first-order chi connectivity index (χ1) is 8.80. The van der Waals surface area contributed by atoms with Crippen molar-refractivity contribution in [3.05, 3.63) is 34.9 Å². The molecular formula is C12H8ClF3N2S. The second kappa shape index (κ2) is 6.18. The van der Waals surface area contributed by atoms with Gasteiger partial charge in [0.2, 0.25) is 0 Å². The Morgan fingerprint density at radius 2 is 1.63 bits per heavy atom. The molecule has 0 atom stereocenters. The number of halogens is 4. The van der Waals surface area contributed by atoms with Crippen LogP contribution < -0.4 is 0 Å². The van der Waals surface area contributed by atoms with Crippen LogP contribution in [-0.4, -0.2) is 11.3 Å². The summed E-state index contributed by atoms with van der Waals surface area (Å²) in [6.45, 7) is 0. The van der Waals surface area contributed by atoms with Crippen LogP contribution in [0.5, 0.6) is 0 Å². The van der Waals surface area contributed by atoms with Crippen molar-refractivity contribution in [2.24, 2.45) is 5.41 Å². The van der Waals surface area contributed by atoms with Gasteiger partial charge in [-0.25, -0.2) is 0 Å². The summed E-state index contributed by atoms with van der Waals surface area (Å²) in [4.78, 5) is 0. The molecule has 19 heavy (non-hydrogen) atoms. The van der Waals surface area contributed by atoms with E-state index in [0.29, 0.717) is 10.6 Å². The molecule has 0 unspecified atom stereocenters. The summed E-state index contributed by atoms with van der Waals surface area (Å²) < 4.78 is 36.5. The number of nitriles is 2. The van der Waals surface area contributed by atoms with Crippen LogP contribution in [-0.2, 0) is 6.42 Å². The molecule has 0 aromatic heterocycles. The van der Waals surface area contributed by atoms with E-state index in [1.165, 1.54) is 0 Å². The summed E-state index contributed by atoms with van der Waals surface area (Å²) in [5.74, 6) is -0.619. The van der Waals surface area contributed by atoms with Crippen LogP contribution in [0.4, 0.5) is 13.2 Å². The van der Waals surface area contributed by atoms with Crippen LogP contribution in [0.2, 0.25) is 5.02 Å². The molecule has 0 saturated carbocycles. The van der Waals surface area contributed by atoms with Crippen molar-refractivity contribution in [3.63, 3.8) is 0 Å². The van der Waals surface area contributed by atoms with Gasteiger partial charge in [0, 0.05) is 17.2 Å². The Morgan fingerprint density at radius 3 is 2.05 bits per heavy atom. The predicted molar refractivity (Wildman–Crippen MR) is 67.3 cm³/mol. The lowest BCUT2D eigenvalue weighted by atomic mass is 9.86. The largest absolute Gasteiger partial charge is 0.441 e. The van der Waals surface area contributed by atoms with Crippen molar-refractivity contribution in [1.29, 1.82) is 10.5 Å². The van der Waals surface area contributed by atoms with Gasteiger partial charge in [0.1, 0.15) is 0 Å². The molecule has 7 heteroatoms. The number of thioether (sulfide) groups is 1. The highest BCUT2D eigenvalue weighted by atomic mass is 35.5. The summed E-state index contributed by atoms with van der Waals surface area (Å²) in [6.07, 6.45) is -0.0692. The molecule has 100 valence electrons.